The van der Waals surface area contributed by atoms with E-state index in [1.54, 1.807) is 43.3 Å². The topological polar surface area (TPSA) is 78.4 Å². The van der Waals surface area contributed by atoms with Crippen LogP contribution in [0, 0.1) is 6.92 Å². The van der Waals surface area contributed by atoms with Crippen LogP contribution in [-0.4, -0.2) is 16.9 Å². The first kappa shape index (κ1) is 14.6. The number of hydrogen-bond acceptors (Lipinski definition) is 3. The molecule has 0 radical (unpaired) electrons. The fraction of sp³-hybridized carbons (Fsp3) is 0.125. The maximum atomic E-state index is 11.9. The summed E-state index contributed by atoms with van der Waals surface area (Å²) in [7, 11) is 0. The summed E-state index contributed by atoms with van der Waals surface area (Å²) >= 11 is 0. The molecule has 0 aromatic heterocycles. The number of phenolic OH excluding ortho intramolecular Hbond substituents is 1. The molecular weight excluding hydrogens is 268 g/mol. The van der Waals surface area contributed by atoms with Crippen LogP contribution in [0.4, 0.5) is 16.2 Å². The molecule has 0 heterocycles. The molecule has 5 heteroatoms. The number of benzene rings is 2. The van der Waals surface area contributed by atoms with Crippen molar-refractivity contribution in [1.29, 1.82) is 0 Å². The highest BCUT2D eigenvalue weighted by molar-refractivity contribution is 6.01. The molecule has 2 aromatic carbocycles. The molecular formula is C16H16N2O3. The van der Waals surface area contributed by atoms with Crippen LogP contribution < -0.4 is 10.6 Å². The van der Waals surface area contributed by atoms with Gasteiger partial charge in [0.25, 0.3) is 0 Å². The summed E-state index contributed by atoms with van der Waals surface area (Å²) < 4.78 is 0. The van der Waals surface area contributed by atoms with Crippen molar-refractivity contribution in [2.75, 3.05) is 10.6 Å². The first-order valence-corrected chi connectivity index (χ1v) is 6.44. The van der Waals surface area contributed by atoms with Crippen LogP contribution >= 0.6 is 0 Å². The number of hydrogen-bond donors (Lipinski definition) is 3. The van der Waals surface area contributed by atoms with Gasteiger partial charge >= 0.3 is 6.03 Å². The van der Waals surface area contributed by atoms with Crippen molar-refractivity contribution in [3.8, 4) is 5.75 Å². The molecule has 0 unspecified atom stereocenters. The van der Waals surface area contributed by atoms with E-state index < -0.39 is 0 Å². The summed E-state index contributed by atoms with van der Waals surface area (Å²) in [6.07, 6.45) is 0. The number of rotatable bonds is 3. The lowest BCUT2D eigenvalue weighted by atomic mass is 10.1. The van der Waals surface area contributed by atoms with Crippen molar-refractivity contribution in [2.45, 2.75) is 13.8 Å². The molecule has 0 saturated heterocycles. The minimum absolute atomic E-state index is 0.0225. The van der Waals surface area contributed by atoms with Crippen molar-refractivity contribution in [1.82, 2.24) is 0 Å². The minimum atomic E-state index is -0.389. The quantitative estimate of drug-likeness (QED) is 0.595. The third kappa shape index (κ3) is 3.82. The van der Waals surface area contributed by atoms with E-state index in [2.05, 4.69) is 10.6 Å². The molecule has 21 heavy (non-hydrogen) atoms. The van der Waals surface area contributed by atoms with Gasteiger partial charge in [-0.05, 0) is 61.9 Å². The molecule has 0 fully saturated rings. The molecule has 2 amide bonds. The third-order valence-corrected chi connectivity index (χ3v) is 3.01. The van der Waals surface area contributed by atoms with Crippen molar-refractivity contribution in [2.24, 2.45) is 0 Å². The summed E-state index contributed by atoms with van der Waals surface area (Å²) in [5.41, 5.74) is 2.56. The van der Waals surface area contributed by atoms with Crippen LogP contribution in [0.5, 0.6) is 5.75 Å². The normalized spacial score (nSPS) is 10.0. The number of phenols is 1. The largest absolute Gasteiger partial charge is 0.508 e. The lowest BCUT2D eigenvalue weighted by Gasteiger charge is -2.10. The molecule has 0 aliphatic rings. The maximum Gasteiger partial charge on any atom is 0.323 e. The molecule has 2 rings (SSSR count). The average Bonchev–Trinajstić information content (AvgIpc) is 2.42. The summed E-state index contributed by atoms with van der Waals surface area (Å²) in [4.78, 5) is 23.1. The number of amides is 2. The molecule has 0 spiro atoms. The molecule has 0 aliphatic heterocycles. The Balaban J connectivity index is 2.02. The van der Waals surface area contributed by atoms with Crippen LogP contribution in [0.1, 0.15) is 22.8 Å². The van der Waals surface area contributed by atoms with Gasteiger partial charge in [0.2, 0.25) is 0 Å². The lowest BCUT2D eigenvalue weighted by molar-refractivity contribution is 0.101. The van der Waals surface area contributed by atoms with Gasteiger partial charge in [-0.3, -0.25) is 4.79 Å². The Labute approximate surface area is 122 Å². The van der Waals surface area contributed by atoms with E-state index in [9.17, 15) is 14.7 Å². The first-order valence-electron chi connectivity index (χ1n) is 6.44. The van der Waals surface area contributed by atoms with Gasteiger partial charge in [0, 0.05) is 16.9 Å². The van der Waals surface area contributed by atoms with E-state index in [1.165, 1.54) is 13.0 Å². The van der Waals surface area contributed by atoms with Gasteiger partial charge in [-0.15, -0.1) is 0 Å². The Morgan fingerprint density at radius 2 is 1.67 bits per heavy atom. The molecule has 0 saturated carbocycles. The van der Waals surface area contributed by atoms with E-state index in [0.29, 0.717) is 16.9 Å². The monoisotopic (exact) mass is 284 g/mol. The van der Waals surface area contributed by atoms with Crippen LogP contribution in [-0.2, 0) is 0 Å². The Bertz CT molecular complexity index is 678. The Hall–Kier alpha value is -2.82. The standard InChI is InChI=1S/C16H16N2O3/c1-10-9-14(20)7-8-15(10)18-16(21)17-13-5-3-12(4-6-13)11(2)19/h3-9,20H,1-2H3,(H2,17,18,21). The predicted molar refractivity (Wildman–Crippen MR) is 81.9 cm³/mol. The lowest BCUT2D eigenvalue weighted by Crippen LogP contribution is -2.19. The van der Waals surface area contributed by atoms with Crippen molar-refractivity contribution in [3.05, 3.63) is 53.6 Å². The number of urea groups is 1. The van der Waals surface area contributed by atoms with Gasteiger partial charge in [-0.1, -0.05) is 0 Å². The van der Waals surface area contributed by atoms with Crippen LogP contribution in [0.2, 0.25) is 0 Å². The van der Waals surface area contributed by atoms with Gasteiger partial charge in [0.1, 0.15) is 5.75 Å². The summed E-state index contributed by atoms with van der Waals surface area (Å²) in [6.45, 7) is 3.28. The summed E-state index contributed by atoms with van der Waals surface area (Å²) in [5.74, 6) is 0.129. The zero-order valence-corrected chi connectivity index (χ0v) is 11.8. The highest BCUT2D eigenvalue weighted by atomic mass is 16.3. The number of aromatic hydroxyl groups is 1. The maximum absolute atomic E-state index is 11.9. The van der Waals surface area contributed by atoms with Crippen molar-refractivity contribution in [3.63, 3.8) is 0 Å². The third-order valence-electron chi connectivity index (χ3n) is 3.01. The zero-order valence-electron chi connectivity index (χ0n) is 11.8. The predicted octanol–water partition coefficient (Wildman–Crippen LogP) is 3.55. The van der Waals surface area contributed by atoms with Crippen LogP contribution in [0.3, 0.4) is 0 Å². The fourth-order valence-electron chi connectivity index (χ4n) is 1.86. The second kappa shape index (κ2) is 6.09. The number of anilines is 2. The highest BCUT2D eigenvalue weighted by Crippen LogP contribution is 2.20. The van der Waals surface area contributed by atoms with Gasteiger partial charge in [0.15, 0.2) is 5.78 Å². The number of nitrogens with one attached hydrogen (secondary N) is 2. The average molecular weight is 284 g/mol. The van der Waals surface area contributed by atoms with Gasteiger partial charge in [0.05, 0.1) is 0 Å². The van der Waals surface area contributed by atoms with Crippen LogP contribution in [0.25, 0.3) is 0 Å². The molecule has 5 nitrogen and oxygen atoms in total. The fourth-order valence-corrected chi connectivity index (χ4v) is 1.86. The van der Waals surface area contributed by atoms with Crippen molar-refractivity contribution < 1.29 is 14.7 Å². The Morgan fingerprint density at radius 3 is 2.24 bits per heavy atom. The molecule has 108 valence electrons. The minimum Gasteiger partial charge on any atom is -0.508 e. The Morgan fingerprint density at radius 1 is 1.00 bits per heavy atom. The number of carbonyl (C=O) groups is 2. The summed E-state index contributed by atoms with van der Waals surface area (Å²) in [6, 6.07) is 11.0. The van der Waals surface area contributed by atoms with Crippen molar-refractivity contribution >= 4 is 23.2 Å². The number of aryl methyl sites for hydroxylation is 1. The van der Waals surface area contributed by atoms with Gasteiger partial charge in [-0.2, -0.15) is 0 Å². The number of Topliss-reactive ketones (excluding diaryl/α,β-unsaturated/α-hetero) is 1. The molecule has 0 bridgehead atoms. The Kier molecular flexibility index (Phi) is 4.23. The highest BCUT2D eigenvalue weighted by Gasteiger charge is 2.06. The molecule has 0 atom stereocenters. The van der Waals surface area contributed by atoms with E-state index in [-0.39, 0.29) is 17.6 Å². The zero-order chi connectivity index (χ0) is 15.4. The SMILES string of the molecule is CC(=O)c1ccc(NC(=O)Nc2ccc(O)cc2C)cc1. The number of carbonyl (C=O) groups excluding carboxylic acids is 2. The summed E-state index contributed by atoms with van der Waals surface area (Å²) in [5, 5.41) is 14.7. The van der Waals surface area contributed by atoms with Gasteiger partial charge in [-0.25, -0.2) is 4.79 Å². The molecule has 2 aromatic rings. The first-order chi connectivity index (χ1) is 9.95. The van der Waals surface area contributed by atoms with E-state index >= 15 is 0 Å². The molecule has 0 aliphatic carbocycles. The molecule has 3 N–H and O–H groups in total. The second-order valence-corrected chi connectivity index (χ2v) is 4.71. The van der Waals surface area contributed by atoms with Crippen LogP contribution in [0.15, 0.2) is 42.5 Å². The number of ketones is 1. The van der Waals surface area contributed by atoms with E-state index in [4.69, 9.17) is 0 Å². The van der Waals surface area contributed by atoms with E-state index in [0.717, 1.165) is 5.56 Å². The van der Waals surface area contributed by atoms with E-state index in [1.807, 2.05) is 0 Å². The smallest absolute Gasteiger partial charge is 0.323 e. The van der Waals surface area contributed by atoms with Gasteiger partial charge < -0.3 is 15.7 Å². The second-order valence-electron chi connectivity index (χ2n) is 4.71.